The van der Waals surface area contributed by atoms with Crippen molar-refractivity contribution in [1.82, 2.24) is 19.4 Å². The van der Waals surface area contributed by atoms with Crippen LogP contribution in [0.5, 0.6) is 5.75 Å². The number of hydrogen-bond acceptors (Lipinski definition) is 6. The van der Waals surface area contributed by atoms with Crippen molar-refractivity contribution in [1.29, 1.82) is 0 Å². The van der Waals surface area contributed by atoms with Gasteiger partial charge in [0.05, 0.1) is 19.4 Å². The summed E-state index contributed by atoms with van der Waals surface area (Å²) in [4.78, 5) is 41.9. The highest BCUT2D eigenvalue weighted by molar-refractivity contribution is 5.83. The number of furan rings is 1. The van der Waals surface area contributed by atoms with Crippen molar-refractivity contribution >= 4 is 16.9 Å². The summed E-state index contributed by atoms with van der Waals surface area (Å²) in [6.07, 6.45) is 3.04. The van der Waals surface area contributed by atoms with Crippen LogP contribution in [0.2, 0.25) is 0 Å². The molecule has 0 unspecified atom stereocenters. The van der Waals surface area contributed by atoms with Crippen molar-refractivity contribution in [2.45, 2.75) is 26.9 Å². The summed E-state index contributed by atoms with van der Waals surface area (Å²) in [5.41, 5.74) is -0.347. The van der Waals surface area contributed by atoms with Gasteiger partial charge in [0.25, 0.3) is 5.56 Å². The van der Waals surface area contributed by atoms with Crippen LogP contribution in [0.1, 0.15) is 18.2 Å². The van der Waals surface area contributed by atoms with Crippen molar-refractivity contribution in [3.05, 3.63) is 56.8 Å². The molecule has 0 aliphatic heterocycles. The van der Waals surface area contributed by atoms with Crippen LogP contribution in [-0.2, 0) is 24.9 Å². The van der Waals surface area contributed by atoms with E-state index in [9.17, 15) is 14.4 Å². The van der Waals surface area contributed by atoms with Gasteiger partial charge in [-0.2, -0.15) is 0 Å². The van der Waals surface area contributed by atoms with E-state index >= 15 is 0 Å². The van der Waals surface area contributed by atoms with E-state index in [1.807, 2.05) is 0 Å². The highest BCUT2D eigenvalue weighted by Crippen LogP contribution is 2.24. The number of rotatable bonds is 6. The van der Waals surface area contributed by atoms with E-state index in [4.69, 9.17) is 9.15 Å². The predicted octanol–water partition coefficient (Wildman–Crippen LogP) is 0.712. The Balaban J connectivity index is 2.02. The van der Waals surface area contributed by atoms with E-state index in [0.29, 0.717) is 23.7 Å². The zero-order valence-corrected chi connectivity index (χ0v) is 15.3. The fourth-order valence-electron chi connectivity index (χ4n) is 2.79. The molecule has 0 aromatic carbocycles. The lowest BCUT2D eigenvalue weighted by Crippen LogP contribution is -2.43. The van der Waals surface area contributed by atoms with Crippen molar-refractivity contribution in [2.75, 3.05) is 6.61 Å². The second kappa shape index (κ2) is 7.48. The minimum atomic E-state index is -0.626. The Bertz CT molecular complexity index is 1100. The minimum Gasteiger partial charge on any atom is -0.493 e. The molecule has 1 amide bonds. The van der Waals surface area contributed by atoms with Crippen LogP contribution in [0.3, 0.4) is 0 Å². The average Bonchev–Trinajstić information content (AvgIpc) is 3.17. The molecule has 0 fully saturated rings. The molecule has 9 heteroatoms. The standard InChI is InChI=1S/C18H20N4O5/c1-4-26-15-11(2)8-20-16-14(15)17(24)22(18(25)21(16)3)10-13(23)19-9-12-6-5-7-27-12/h5-8H,4,9-10H2,1-3H3,(H,19,23). The van der Waals surface area contributed by atoms with Crippen LogP contribution in [-0.4, -0.2) is 26.6 Å². The number of nitrogens with zero attached hydrogens (tertiary/aromatic N) is 3. The highest BCUT2D eigenvalue weighted by Gasteiger charge is 2.19. The van der Waals surface area contributed by atoms with Gasteiger partial charge < -0.3 is 14.5 Å². The number of carbonyl (C=O) groups is 1. The lowest BCUT2D eigenvalue weighted by Gasteiger charge is -2.14. The Morgan fingerprint density at radius 2 is 2.15 bits per heavy atom. The molecule has 0 aliphatic rings. The first kappa shape index (κ1) is 18.4. The van der Waals surface area contributed by atoms with Crippen molar-refractivity contribution in [3.8, 4) is 5.75 Å². The Labute approximate surface area is 154 Å². The second-order valence-electron chi connectivity index (χ2n) is 5.99. The largest absolute Gasteiger partial charge is 0.493 e. The first-order valence-corrected chi connectivity index (χ1v) is 8.45. The van der Waals surface area contributed by atoms with Crippen LogP contribution >= 0.6 is 0 Å². The predicted molar refractivity (Wildman–Crippen MR) is 97.7 cm³/mol. The van der Waals surface area contributed by atoms with Crippen LogP contribution in [0, 0.1) is 6.92 Å². The topological polar surface area (TPSA) is 108 Å². The Hall–Kier alpha value is -3.36. The van der Waals surface area contributed by atoms with Gasteiger partial charge >= 0.3 is 5.69 Å². The summed E-state index contributed by atoms with van der Waals surface area (Å²) in [6.45, 7) is 3.67. The Morgan fingerprint density at radius 1 is 1.37 bits per heavy atom. The number of pyridine rings is 1. The maximum atomic E-state index is 12.9. The zero-order valence-electron chi connectivity index (χ0n) is 15.3. The molecular weight excluding hydrogens is 352 g/mol. The van der Waals surface area contributed by atoms with E-state index in [2.05, 4.69) is 10.3 Å². The monoisotopic (exact) mass is 372 g/mol. The molecular formula is C18H20N4O5. The van der Waals surface area contributed by atoms with Gasteiger partial charge in [-0.3, -0.25) is 14.2 Å². The minimum absolute atomic E-state index is 0.166. The van der Waals surface area contributed by atoms with Crippen LogP contribution in [0.15, 0.2) is 38.6 Å². The molecule has 0 radical (unpaired) electrons. The molecule has 27 heavy (non-hydrogen) atoms. The third-order valence-electron chi connectivity index (χ3n) is 4.11. The Morgan fingerprint density at radius 3 is 2.81 bits per heavy atom. The molecule has 0 saturated carbocycles. The molecule has 1 N–H and O–H groups in total. The molecule has 0 bridgehead atoms. The first-order valence-electron chi connectivity index (χ1n) is 8.45. The quantitative estimate of drug-likeness (QED) is 0.683. The molecule has 0 saturated heterocycles. The molecule has 3 heterocycles. The van der Waals surface area contributed by atoms with Crippen LogP contribution < -0.4 is 21.3 Å². The third-order valence-corrected chi connectivity index (χ3v) is 4.11. The number of nitrogens with one attached hydrogen (secondary N) is 1. The number of amides is 1. The van der Waals surface area contributed by atoms with Gasteiger partial charge in [-0.05, 0) is 26.0 Å². The lowest BCUT2D eigenvalue weighted by molar-refractivity contribution is -0.122. The van der Waals surface area contributed by atoms with E-state index in [-0.39, 0.29) is 17.6 Å². The summed E-state index contributed by atoms with van der Waals surface area (Å²) < 4.78 is 12.9. The van der Waals surface area contributed by atoms with E-state index in [1.54, 1.807) is 32.2 Å². The summed E-state index contributed by atoms with van der Waals surface area (Å²) >= 11 is 0. The number of hydrogen-bond donors (Lipinski definition) is 1. The van der Waals surface area contributed by atoms with Gasteiger partial charge in [0.1, 0.15) is 23.4 Å². The van der Waals surface area contributed by atoms with Gasteiger partial charge in [0.15, 0.2) is 5.65 Å². The SMILES string of the molecule is CCOc1c(C)cnc2c1c(=O)n(CC(=O)NCc1ccco1)c(=O)n2C. The van der Waals surface area contributed by atoms with Gasteiger partial charge in [-0.25, -0.2) is 14.3 Å². The van der Waals surface area contributed by atoms with E-state index < -0.39 is 23.7 Å². The molecule has 0 atom stereocenters. The average molecular weight is 372 g/mol. The fraction of sp³-hybridized carbons (Fsp3) is 0.333. The molecule has 3 aromatic heterocycles. The van der Waals surface area contributed by atoms with E-state index in [0.717, 1.165) is 4.57 Å². The lowest BCUT2D eigenvalue weighted by atomic mass is 10.2. The fourth-order valence-corrected chi connectivity index (χ4v) is 2.79. The summed E-state index contributed by atoms with van der Waals surface area (Å²) in [5.74, 6) is 0.455. The van der Waals surface area contributed by atoms with E-state index in [1.165, 1.54) is 17.9 Å². The molecule has 142 valence electrons. The second-order valence-corrected chi connectivity index (χ2v) is 5.99. The number of carbonyl (C=O) groups excluding carboxylic acids is 1. The number of aryl methyl sites for hydroxylation is 2. The first-order chi connectivity index (χ1) is 12.9. The molecule has 0 spiro atoms. The molecule has 3 aromatic rings. The highest BCUT2D eigenvalue weighted by atomic mass is 16.5. The summed E-state index contributed by atoms with van der Waals surface area (Å²) in [5, 5.41) is 2.80. The Kier molecular flexibility index (Phi) is 5.11. The van der Waals surface area contributed by atoms with Crippen molar-refractivity contribution in [2.24, 2.45) is 7.05 Å². The smallest absolute Gasteiger partial charge is 0.332 e. The molecule has 9 nitrogen and oxygen atoms in total. The summed E-state index contributed by atoms with van der Waals surface area (Å²) in [7, 11) is 1.50. The van der Waals surface area contributed by atoms with Gasteiger partial charge in [-0.1, -0.05) is 0 Å². The van der Waals surface area contributed by atoms with Crippen molar-refractivity contribution in [3.63, 3.8) is 0 Å². The van der Waals surface area contributed by atoms with Crippen molar-refractivity contribution < 1.29 is 13.9 Å². The molecule has 0 aliphatic carbocycles. The number of aromatic nitrogens is 3. The normalized spacial score (nSPS) is 10.9. The van der Waals surface area contributed by atoms with Gasteiger partial charge in [0, 0.05) is 18.8 Å². The van der Waals surface area contributed by atoms with Crippen LogP contribution in [0.25, 0.3) is 11.0 Å². The number of fused-ring (bicyclic) bond motifs is 1. The maximum Gasteiger partial charge on any atom is 0.332 e. The zero-order chi connectivity index (χ0) is 19.6. The third kappa shape index (κ3) is 3.48. The summed E-state index contributed by atoms with van der Waals surface area (Å²) in [6, 6.07) is 3.42. The molecule has 3 rings (SSSR count). The van der Waals surface area contributed by atoms with Crippen LogP contribution in [0.4, 0.5) is 0 Å². The van der Waals surface area contributed by atoms with Gasteiger partial charge in [0.2, 0.25) is 5.91 Å². The number of ether oxygens (including phenoxy) is 1. The van der Waals surface area contributed by atoms with Gasteiger partial charge in [-0.15, -0.1) is 0 Å². The maximum absolute atomic E-state index is 12.9.